The minimum Gasteiger partial charge on any atom is -0.481 e. The zero-order valence-electron chi connectivity index (χ0n) is 11.7. The van der Waals surface area contributed by atoms with Crippen molar-refractivity contribution >= 4 is 34.5 Å². The molecule has 4 nitrogen and oxygen atoms in total. The SMILES string of the molecule is O=C(O)C1CC12CCN(C(=O)Cc1cccc(I)c1)CC2. The molecular weight excluding hydrogens is 381 g/mol. The number of hydrogen-bond acceptors (Lipinski definition) is 2. The lowest BCUT2D eigenvalue weighted by Crippen LogP contribution is -2.40. The third kappa shape index (κ3) is 3.07. The monoisotopic (exact) mass is 399 g/mol. The van der Waals surface area contributed by atoms with Crippen molar-refractivity contribution in [3.05, 3.63) is 33.4 Å². The Labute approximate surface area is 137 Å². The number of carbonyl (C=O) groups is 2. The largest absolute Gasteiger partial charge is 0.481 e. The average molecular weight is 399 g/mol. The fraction of sp³-hybridized carbons (Fsp3) is 0.500. The lowest BCUT2D eigenvalue weighted by atomic mass is 9.90. The van der Waals surface area contributed by atoms with E-state index in [1.54, 1.807) is 0 Å². The van der Waals surface area contributed by atoms with Crippen molar-refractivity contribution in [3.63, 3.8) is 0 Å². The van der Waals surface area contributed by atoms with Crippen LogP contribution in [0.3, 0.4) is 0 Å². The molecule has 1 saturated heterocycles. The van der Waals surface area contributed by atoms with Crippen LogP contribution in [0.25, 0.3) is 0 Å². The zero-order valence-corrected chi connectivity index (χ0v) is 13.9. The van der Waals surface area contributed by atoms with Gasteiger partial charge in [-0.15, -0.1) is 0 Å². The molecule has 2 aliphatic rings. The first-order chi connectivity index (χ1) is 10.00. The highest BCUT2D eigenvalue weighted by molar-refractivity contribution is 14.1. The van der Waals surface area contributed by atoms with Crippen molar-refractivity contribution < 1.29 is 14.7 Å². The highest BCUT2D eigenvalue weighted by atomic mass is 127. The molecule has 1 unspecified atom stereocenters. The molecule has 1 aromatic rings. The summed E-state index contributed by atoms with van der Waals surface area (Å²) in [5, 5.41) is 9.09. The highest BCUT2D eigenvalue weighted by Gasteiger charge is 2.59. The third-order valence-corrected chi connectivity index (χ3v) is 5.52. The number of carboxylic acids is 1. The van der Waals surface area contributed by atoms with Crippen LogP contribution in [0.2, 0.25) is 0 Å². The summed E-state index contributed by atoms with van der Waals surface area (Å²) in [6.07, 6.45) is 2.90. The van der Waals surface area contributed by atoms with Crippen molar-refractivity contribution in [1.82, 2.24) is 4.90 Å². The second-order valence-corrected chi connectivity index (χ2v) is 7.39. The minimum absolute atomic E-state index is 0.00919. The number of likely N-dealkylation sites (tertiary alicyclic amines) is 1. The molecule has 1 atom stereocenters. The summed E-state index contributed by atoms with van der Waals surface area (Å²) in [4.78, 5) is 25.3. The van der Waals surface area contributed by atoms with Gasteiger partial charge in [-0.25, -0.2) is 0 Å². The second-order valence-electron chi connectivity index (χ2n) is 6.14. The Morgan fingerprint density at radius 1 is 1.33 bits per heavy atom. The van der Waals surface area contributed by atoms with Gasteiger partial charge in [0.15, 0.2) is 0 Å². The fourth-order valence-electron chi connectivity index (χ4n) is 3.38. The van der Waals surface area contributed by atoms with Crippen LogP contribution < -0.4 is 0 Å². The second kappa shape index (κ2) is 5.59. The molecule has 21 heavy (non-hydrogen) atoms. The molecule has 1 saturated carbocycles. The number of halogens is 1. The molecule has 2 fully saturated rings. The van der Waals surface area contributed by atoms with E-state index in [4.69, 9.17) is 5.11 Å². The van der Waals surface area contributed by atoms with E-state index in [-0.39, 0.29) is 17.2 Å². The van der Waals surface area contributed by atoms with Gasteiger partial charge in [0.2, 0.25) is 5.91 Å². The predicted molar refractivity (Wildman–Crippen MR) is 86.9 cm³/mol. The first-order valence-corrected chi connectivity index (χ1v) is 8.33. The van der Waals surface area contributed by atoms with Crippen molar-refractivity contribution in [3.8, 4) is 0 Å². The molecule has 3 rings (SSSR count). The molecular formula is C16H18INO3. The Morgan fingerprint density at radius 2 is 2.05 bits per heavy atom. The van der Waals surface area contributed by atoms with E-state index >= 15 is 0 Å². The molecule has 1 aromatic carbocycles. The van der Waals surface area contributed by atoms with Gasteiger partial charge in [-0.1, -0.05) is 12.1 Å². The number of carboxylic acid groups (broad SMARTS) is 1. The maximum atomic E-state index is 12.3. The molecule has 112 valence electrons. The normalized spacial score (nSPS) is 23.1. The summed E-state index contributed by atoms with van der Waals surface area (Å²) >= 11 is 2.25. The van der Waals surface area contributed by atoms with Gasteiger partial charge in [-0.3, -0.25) is 9.59 Å². The number of benzene rings is 1. The van der Waals surface area contributed by atoms with Gasteiger partial charge in [-0.05, 0) is 65.0 Å². The summed E-state index contributed by atoms with van der Waals surface area (Å²) in [7, 11) is 0. The molecule has 0 aromatic heterocycles. The maximum Gasteiger partial charge on any atom is 0.307 e. The van der Waals surface area contributed by atoms with E-state index in [9.17, 15) is 9.59 Å². The summed E-state index contributed by atoms with van der Waals surface area (Å²) in [5.74, 6) is -0.696. The number of hydrogen-bond donors (Lipinski definition) is 1. The molecule has 1 amide bonds. The molecule has 0 bridgehead atoms. The van der Waals surface area contributed by atoms with Crippen LogP contribution in [0.1, 0.15) is 24.8 Å². The summed E-state index contributed by atoms with van der Waals surface area (Å²) in [5.41, 5.74) is 1.03. The van der Waals surface area contributed by atoms with E-state index in [2.05, 4.69) is 22.6 Å². The van der Waals surface area contributed by atoms with Crippen LogP contribution in [0.15, 0.2) is 24.3 Å². The fourth-order valence-corrected chi connectivity index (χ4v) is 3.99. The first-order valence-electron chi connectivity index (χ1n) is 7.25. The molecule has 1 spiro atoms. The number of nitrogens with zero attached hydrogens (tertiary/aromatic N) is 1. The van der Waals surface area contributed by atoms with E-state index < -0.39 is 5.97 Å². The molecule has 1 heterocycles. The molecule has 1 N–H and O–H groups in total. The van der Waals surface area contributed by atoms with Crippen molar-refractivity contribution in [2.45, 2.75) is 25.7 Å². The van der Waals surface area contributed by atoms with Gasteiger partial charge in [-0.2, -0.15) is 0 Å². The van der Waals surface area contributed by atoms with E-state index in [1.165, 1.54) is 0 Å². The zero-order chi connectivity index (χ0) is 15.0. The number of carbonyl (C=O) groups excluding carboxylic acids is 1. The quantitative estimate of drug-likeness (QED) is 0.795. The first kappa shape index (κ1) is 14.8. The minimum atomic E-state index is -0.673. The number of piperidine rings is 1. The third-order valence-electron chi connectivity index (χ3n) is 4.84. The lowest BCUT2D eigenvalue weighted by molar-refractivity contribution is -0.139. The van der Waals surface area contributed by atoms with E-state index in [0.29, 0.717) is 19.5 Å². The Morgan fingerprint density at radius 3 is 2.62 bits per heavy atom. The molecule has 1 aliphatic carbocycles. The van der Waals surface area contributed by atoms with Crippen LogP contribution in [-0.2, 0) is 16.0 Å². The van der Waals surface area contributed by atoms with Gasteiger partial charge >= 0.3 is 5.97 Å². The smallest absolute Gasteiger partial charge is 0.307 e. The van der Waals surface area contributed by atoms with Crippen LogP contribution in [0, 0.1) is 14.9 Å². The van der Waals surface area contributed by atoms with Crippen molar-refractivity contribution in [2.75, 3.05) is 13.1 Å². The number of aliphatic carboxylic acids is 1. The van der Waals surface area contributed by atoms with E-state index in [1.807, 2.05) is 29.2 Å². The molecule has 5 heteroatoms. The maximum absolute atomic E-state index is 12.3. The van der Waals surface area contributed by atoms with Crippen LogP contribution in [0.4, 0.5) is 0 Å². The van der Waals surface area contributed by atoms with Gasteiger partial charge < -0.3 is 10.0 Å². The Bertz CT molecular complexity index is 579. The topological polar surface area (TPSA) is 57.6 Å². The highest BCUT2D eigenvalue weighted by Crippen LogP contribution is 2.59. The molecule has 0 radical (unpaired) electrons. The Balaban J connectivity index is 1.55. The van der Waals surface area contributed by atoms with Crippen molar-refractivity contribution in [1.29, 1.82) is 0 Å². The Kier molecular flexibility index (Phi) is 3.94. The van der Waals surface area contributed by atoms with Gasteiger partial charge in [0.25, 0.3) is 0 Å². The lowest BCUT2D eigenvalue weighted by Gasteiger charge is -2.32. The summed E-state index contributed by atoms with van der Waals surface area (Å²) in [6.45, 7) is 1.40. The number of amides is 1. The van der Waals surface area contributed by atoms with Gasteiger partial charge in [0.1, 0.15) is 0 Å². The van der Waals surface area contributed by atoms with Crippen molar-refractivity contribution in [2.24, 2.45) is 11.3 Å². The van der Waals surface area contributed by atoms with Crippen LogP contribution in [0.5, 0.6) is 0 Å². The number of rotatable bonds is 3. The standard InChI is InChI=1S/C16H18INO3/c17-12-3-1-2-11(8-12)9-14(19)18-6-4-16(5-7-18)10-13(16)15(20)21/h1-3,8,13H,4-7,9-10H2,(H,20,21). The molecule has 1 aliphatic heterocycles. The summed E-state index contributed by atoms with van der Waals surface area (Å²) < 4.78 is 1.14. The van der Waals surface area contributed by atoms with Crippen LogP contribution in [-0.4, -0.2) is 35.0 Å². The van der Waals surface area contributed by atoms with E-state index in [0.717, 1.165) is 28.4 Å². The van der Waals surface area contributed by atoms with Gasteiger partial charge in [0.05, 0.1) is 12.3 Å². The average Bonchev–Trinajstić information content (AvgIpc) is 3.14. The summed E-state index contributed by atoms with van der Waals surface area (Å²) in [6, 6.07) is 7.99. The Hall–Kier alpha value is -1.11. The van der Waals surface area contributed by atoms with Gasteiger partial charge in [0, 0.05) is 16.7 Å². The van der Waals surface area contributed by atoms with Crippen LogP contribution >= 0.6 is 22.6 Å². The predicted octanol–water partition coefficient (Wildman–Crippen LogP) is 2.55.